The van der Waals surface area contributed by atoms with Crippen molar-refractivity contribution < 1.29 is 4.42 Å². The van der Waals surface area contributed by atoms with Crippen LogP contribution in [0.5, 0.6) is 0 Å². The lowest BCUT2D eigenvalue weighted by Gasteiger charge is -1.96. The summed E-state index contributed by atoms with van der Waals surface area (Å²) in [7, 11) is 0. The van der Waals surface area contributed by atoms with Crippen LogP contribution >= 0.6 is 0 Å². The molecule has 108 valence electrons. The maximum atomic E-state index is 5.14. The summed E-state index contributed by atoms with van der Waals surface area (Å²) in [6.45, 7) is 2.04. The van der Waals surface area contributed by atoms with E-state index in [0.717, 1.165) is 16.4 Å². The van der Waals surface area contributed by atoms with Crippen molar-refractivity contribution in [1.82, 2.24) is 20.2 Å². The first-order valence-corrected chi connectivity index (χ1v) is 6.75. The summed E-state index contributed by atoms with van der Waals surface area (Å²) in [5.74, 6) is 0.959. The third-order valence-electron chi connectivity index (χ3n) is 3.27. The lowest BCUT2D eigenvalue weighted by Crippen LogP contribution is -1.98. The van der Waals surface area contributed by atoms with E-state index in [4.69, 9.17) is 4.42 Å². The highest BCUT2D eigenvalue weighted by atomic mass is 16.3. The highest BCUT2D eigenvalue weighted by Crippen LogP contribution is 2.23. The molecule has 4 aromatic rings. The second-order valence-corrected chi connectivity index (χ2v) is 4.89. The monoisotopic (exact) mass is 292 g/mol. The van der Waals surface area contributed by atoms with Crippen LogP contribution in [0.15, 0.2) is 46.1 Å². The molecule has 0 saturated carbocycles. The summed E-state index contributed by atoms with van der Waals surface area (Å²) < 4.78 is 5.14. The van der Waals surface area contributed by atoms with Crippen molar-refractivity contribution >= 4 is 34.2 Å². The molecule has 1 aromatic carbocycles. The van der Waals surface area contributed by atoms with E-state index < -0.39 is 0 Å². The number of fused-ring (bicyclic) bond motifs is 3. The van der Waals surface area contributed by atoms with E-state index in [1.54, 1.807) is 24.6 Å². The summed E-state index contributed by atoms with van der Waals surface area (Å²) in [5, 5.41) is 13.3. The number of benzene rings is 1. The van der Waals surface area contributed by atoms with Gasteiger partial charge in [-0.15, -0.1) is 10.2 Å². The number of nitrogens with zero attached hydrogens (tertiary/aromatic N) is 4. The highest BCUT2D eigenvalue weighted by Gasteiger charge is 2.08. The molecule has 0 aliphatic carbocycles. The molecule has 0 bridgehead atoms. The Morgan fingerprint density at radius 2 is 2.23 bits per heavy atom. The van der Waals surface area contributed by atoms with Crippen LogP contribution in [0, 0.1) is 6.92 Å². The number of aromatic amines is 1. The van der Waals surface area contributed by atoms with Gasteiger partial charge in [-0.25, -0.2) is 5.43 Å². The molecule has 7 heteroatoms. The van der Waals surface area contributed by atoms with Crippen molar-refractivity contribution in [2.75, 3.05) is 5.43 Å². The summed E-state index contributed by atoms with van der Waals surface area (Å²) >= 11 is 0. The van der Waals surface area contributed by atoms with E-state index in [0.29, 0.717) is 17.4 Å². The predicted octanol–water partition coefficient (Wildman–Crippen LogP) is 2.85. The fraction of sp³-hybridized carbons (Fsp3) is 0.0667. The minimum absolute atomic E-state index is 0.318. The molecular formula is C15H12N6O. The van der Waals surface area contributed by atoms with E-state index in [2.05, 4.69) is 36.8 Å². The Morgan fingerprint density at radius 1 is 1.27 bits per heavy atom. The number of rotatable bonds is 3. The van der Waals surface area contributed by atoms with Crippen molar-refractivity contribution in [3.8, 4) is 0 Å². The zero-order valence-corrected chi connectivity index (χ0v) is 11.7. The number of hydrazone groups is 1. The van der Waals surface area contributed by atoms with Crippen molar-refractivity contribution in [2.24, 2.45) is 5.10 Å². The molecule has 0 aliphatic heterocycles. The van der Waals surface area contributed by atoms with Gasteiger partial charge in [-0.05, 0) is 31.2 Å². The Morgan fingerprint density at radius 3 is 3.09 bits per heavy atom. The molecule has 3 heterocycles. The number of hydrogen-bond acceptors (Lipinski definition) is 6. The van der Waals surface area contributed by atoms with E-state index in [1.807, 2.05) is 19.1 Å². The zero-order chi connectivity index (χ0) is 14.9. The van der Waals surface area contributed by atoms with Crippen molar-refractivity contribution in [3.05, 3.63) is 47.9 Å². The van der Waals surface area contributed by atoms with Gasteiger partial charge in [-0.1, -0.05) is 11.6 Å². The smallest absolute Gasteiger partial charge is 0.265 e. The molecule has 0 radical (unpaired) electrons. The van der Waals surface area contributed by atoms with Gasteiger partial charge in [0.05, 0.1) is 12.5 Å². The van der Waals surface area contributed by atoms with Gasteiger partial charge in [-0.2, -0.15) is 10.1 Å². The van der Waals surface area contributed by atoms with Gasteiger partial charge in [0.2, 0.25) is 0 Å². The third kappa shape index (κ3) is 2.18. The van der Waals surface area contributed by atoms with E-state index in [9.17, 15) is 0 Å². The first kappa shape index (κ1) is 12.5. The standard InChI is InChI=1S/C15H12N6O/c1-9-4-5-12-11(7-9)13-14(17-12)18-15(21-19-13)20-16-8-10-3-2-6-22-10/h2-8H,1H3,(H2,17,18,20,21)/b16-8-. The lowest BCUT2D eigenvalue weighted by molar-refractivity contribution is 0.560. The Labute approximate surface area is 125 Å². The molecule has 22 heavy (non-hydrogen) atoms. The molecular weight excluding hydrogens is 280 g/mol. The highest BCUT2D eigenvalue weighted by molar-refractivity contribution is 6.03. The van der Waals surface area contributed by atoms with Gasteiger partial charge in [-0.3, -0.25) is 0 Å². The van der Waals surface area contributed by atoms with Crippen LogP contribution < -0.4 is 5.43 Å². The molecule has 2 N–H and O–H groups in total. The molecule has 0 saturated heterocycles. The summed E-state index contributed by atoms with van der Waals surface area (Å²) in [6, 6.07) is 9.70. The molecule has 7 nitrogen and oxygen atoms in total. The Balaban J connectivity index is 1.67. The van der Waals surface area contributed by atoms with Gasteiger partial charge < -0.3 is 9.40 Å². The second kappa shape index (κ2) is 4.96. The Kier molecular flexibility index (Phi) is 2.82. The number of aromatic nitrogens is 4. The summed E-state index contributed by atoms with van der Waals surface area (Å²) in [6.07, 6.45) is 3.13. The van der Waals surface area contributed by atoms with Crippen LogP contribution in [0.25, 0.3) is 22.1 Å². The molecule has 0 fully saturated rings. The van der Waals surface area contributed by atoms with Gasteiger partial charge in [0.1, 0.15) is 11.3 Å². The molecule has 0 spiro atoms. The topological polar surface area (TPSA) is 92.0 Å². The van der Waals surface area contributed by atoms with E-state index in [1.165, 1.54) is 5.56 Å². The zero-order valence-electron chi connectivity index (χ0n) is 11.7. The van der Waals surface area contributed by atoms with Crippen LogP contribution in [0.1, 0.15) is 11.3 Å². The molecule has 0 unspecified atom stereocenters. The number of furan rings is 1. The Hall–Kier alpha value is -3.22. The first-order chi connectivity index (χ1) is 10.8. The van der Waals surface area contributed by atoms with Crippen LogP contribution in [0.3, 0.4) is 0 Å². The molecule has 0 aliphatic rings. The van der Waals surface area contributed by atoms with E-state index in [-0.39, 0.29) is 0 Å². The first-order valence-electron chi connectivity index (χ1n) is 6.75. The number of H-pyrrole nitrogens is 1. The van der Waals surface area contributed by atoms with Gasteiger partial charge >= 0.3 is 0 Å². The minimum Gasteiger partial charge on any atom is -0.463 e. The van der Waals surface area contributed by atoms with Crippen molar-refractivity contribution in [1.29, 1.82) is 0 Å². The maximum Gasteiger partial charge on any atom is 0.265 e. The predicted molar refractivity (Wildman–Crippen MR) is 83.9 cm³/mol. The molecule has 0 atom stereocenters. The molecule has 0 amide bonds. The largest absolute Gasteiger partial charge is 0.463 e. The van der Waals surface area contributed by atoms with Crippen molar-refractivity contribution in [3.63, 3.8) is 0 Å². The maximum absolute atomic E-state index is 5.14. The van der Waals surface area contributed by atoms with Gasteiger partial charge in [0.15, 0.2) is 5.65 Å². The average molecular weight is 292 g/mol. The van der Waals surface area contributed by atoms with E-state index >= 15 is 0 Å². The SMILES string of the molecule is Cc1ccc2[nH]c3nc(N/N=C\c4ccco4)nnc3c2c1. The number of hydrogen-bond donors (Lipinski definition) is 2. The van der Waals surface area contributed by atoms with Crippen LogP contribution in [0.2, 0.25) is 0 Å². The molecule has 4 rings (SSSR count). The average Bonchev–Trinajstić information content (AvgIpc) is 3.14. The fourth-order valence-electron chi connectivity index (χ4n) is 2.25. The van der Waals surface area contributed by atoms with Crippen LogP contribution in [-0.2, 0) is 0 Å². The summed E-state index contributed by atoms with van der Waals surface area (Å²) in [5.41, 5.74) is 6.31. The van der Waals surface area contributed by atoms with Gasteiger partial charge in [0, 0.05) is 10.9 Å². The number of nitrogens with one attached hydrogen (secondary N) is 2. The lowest BCUT2D eigenvalue weighted by atomic mass is 10.2. The second-order valence-electron chi connectivity index (χ2n) is 4.89. The van der Waals surface area contributed by atoms with Crippen molar-refractivity contribution in [2.45, 2.75) is 6.92 Å². The Bertz CT molecular complexity index is 970. The number of aryl methyl sites for hydroxylation is 1. The molecule has 3 aromatic heterocycles. The number of anilines is 1. The third-order valence-corrected chi connectivity index (χ3v) is 3.27. The normalized spacial score (nSPS) is 11.7. The van der Waals surface area contributed by atoms with Gasteiger partial charge in [0.25, 0.3) is 5.95 Å². The van der Waals surface area contributed by atoms with Crippen LogP contribution in [-0.4, -0.2) is 26.4 Å². The summed E-state index contributed by atoms with van der Waals surface area (Å²) in [4.78, 5) is 7.60. The quantitative estimate of drug-likeness (QED) is 0.447. The minimum atomic E-state index is 0.318. The van der Waals surface area contributed by atoms with Crippen LogP contribution in [0.4, 0.5) is 5.95 Å². The fourth-order valence-corrected chi connectivity index (χ4v) is 2.25.